The van der Waals surface area contributed by atoms with Gasteiger partial charge >= 0.3 is 0 Å². The van der Waals surface area contributed by atoms with E-state index in [1.54, 1.807) is 0 Å². The fraction of sp³-hybridized carbons (Fsp3) is 0.143. The van der Waals surface area contributed by atoms with Crippen molar-refractivity contribution in [1.29, 1.82) is 0 Å². The molecule has 2 N–H and O–H groups in total. The molecule has 1 aromatic heterocycles. The zero-order valence-electron chi connectivity index (χ0n) is 12.1. The molecule has 0 spiro atoms. The molecule has 23 heavy (non-hydrogen) atoms. The van der Waals surface area contributed by atoms with Crippen molar-refractivity contribution >= 4 is 31.9 Å². The summed E-state index contributed by atoms with van der Waals surface area (Å²) < 4.78 is 30.1. The van der Waals surface area contributed by atoms with Crippen molar-refractivity contribution in [2.75, 3.05) is 6.61 Å². The van der Waals surface area contributed by atoms with E-state index in [1.807, 2.05) is 11.8 Å². The van der Waals surface area contributed by atoms with E-state index < -0.39 is 15.9 Å². The van der Waals surface area contributed by atoms with Gasteiger partial charge in [0.1, 0.15) is 5.75 Å². The fourth-order valence-corrected chi connectivity index (χ4v) is 2.87. The van der Waals surface area contributed by atoms with E-state index in [1.165, 1.54) is 42.7 Å². The molecule has 1 aromatic carbocycles. The topological polar surface area (TPSA) is 97.4 Å². The number of hydrogen-bond acceptors (Lipinski definition) is 5. The molecule has 0 aliphatic heterocycles. The van der Waals surface area contributed by atoms with Crippen LogP contribution < -0.4 is 15.0 Å². The van der Waals surface area contributed by atoms with Gasteiger partial charge in [0.15, 0.2) is 0 Å². The van der Waals surface area contributed by atoms with E-state index in [-0.39, 0.29) is 10.5 Å². The number of amides is 1. The number of ether oxygens (including phenoxy) is 1. The maximum Gasteiger partial charge on any atom is 0.267 e. The Morgan fingerprint density at radius 1 is 1.26 bits per heavy atom. The third-order valence-electron chi connectivity index (χ3n) is 2.71. The number of carbonyl (C=O) groups is 1. The molecular formula is C14H14BrN3O4S. The van der Waals surface area contributed by atoms with Crippen LogP contribution in [0.15, 0.2) is 52.1 Å². The van der Waals surface area contributed by atoms with Crippen molar-refractivity contribution in [2.24, 2.45) is 0 Å². The molecular weight excluding hydrogens is 386 g/mol. The number of hydrogen-bond donors (Lipinski definition) is 2. The average molecular weight is 400 g/mol. The monoisotopic (exact) mass is 399 g/mol. The number of hydrazine groups is 1. The van der Waals surface area contributed by atoms with Gasteiger partial charge in [-0.3, -0.25) is 15.2 Å². The Hall–Kier alpha value is -1.97. The lowest BCUT2D eigenvalue weighted by atomic mass is 10.3. The first-order valence-electron chi connectivity index (χ1n) is 6.58. The second-order valence-electron chi connectivity index (χ2n) is 4.36. The van der Waals surface area contributed by atoms with Crippen LogP contribution in [0.2, 0.25) is 0 Å². The first-order chi connectivity index (χ1) is 10.9. The van der Waals surface area contributed by atoms with E-state index in [9.17, 15) is 13.2 Å². The van der Waals surface area contributed by atoms with Crippen LogP contribution in [0.4, 0.5) is 0 Å². The van der Waals surface area contributed by atoms with Crippen molar-refractivity contribution in [3.8, 4) is 5.75 Å². The standard InChI is InChI=1S/C14H14BrN3O4S/c1-2-22-12-3-5-13(6-4-12)23(20,21)18-17-14(19)10-7-11(15)9-16-8-10/h3-9,18H,2H2,1H3,(H,17,19). The first kappa shape index (κ1) is 17.4. The van der Waals surface area contributed by atoms with Gasteiger partial charge in [-0.1, -0.05) is 0 Å². The van der Waals surface area contributed by atoms with Crippen LogP contribution in [0.25, 0.3) is 0 Å². The van der Waals surface area contributed by atoms with Gasteiger partial charge in [0.05, 0.1) is 17.1 Å². The van der Waals surface area contributed by atoms with Crippen molar-refractivity contribution in [1.82, 2.24) is 15.2 Å². The molecule has 0 saturated carbocycles. The SMILES string of the molecule is CCOc1ccc(S(=O)(=O)NNC(=O)c2cncc(Br)c2)cc1. The molecule has 122 valence electrons. The Bertz CT molecular complexity index is 794. The number of halogens is 1. The Kier molecular flexibility index (Phi) is 5.69. The minimum Gasteiger partial charge on any atom is -0.494 e. The van der Waals surface area contributed by atoms with Crippen molar-refractivity contribution < 1.29 is 17.9 Å². The van der Waals surface area contributed by atoms with E-state index in [4.69, 9.17) is 4.74 Å². The highest BCUT2D eigenvalue weighted by Crippen LogP contribution is 2.15. The molecule has 0 fully saturated rings. The van der Waals surface area contributed by atoms with Crippen LogP contribution >= 0.6 is 15.9 Å². The van der Waals surface area contributed by atoms with E-state index in [0.29, 0.717) is 16.8 Å². The second kappa shape index (κ2) is 7.53. The summed E-state index contributed by atoms with van der Waals surface area (Å²) in [4.78, 5) is 17.8. The van der Waals surface area contributed by atoms with Gasteiger partial charge in [0, 0.05) is 16.9 Å². The molecule has 0 aliphatic carbocycles. The maximum atomic E-state index is 12.1. The van der Waals surface area contributed by atoms with Gasteiger partial charge < -0.3 is 4.74 Å². The van der Waals surface area contributed by atoms with Crippen LogP contribution in [0.1, 0.15) is 17.3 Å². The number of rotatable bonds is 6. The van der Waals surface area contributed by atoms with Crippen LogP contribution in [0.3, 0.4) is 0 Å². The van der Waals surface area contributed by atoms with Crippen LogP contribution in [0, 0.1) is 0 Å². The smallest absolute Gasteiger partial charge is 0.267 e. The summed E-state index contributed by atoms with van der Waals surface area (Å²) in [6.45, 7) is 2.32. The van der Waals surface area contributed by atoms with Gasteiger partial charge in [0.25, 0.3) is 15.9 Å². The zero-order valence-corrected chi connectivity index (χ0v) is 14.5. The summed E-state index contributed by atoms with van der Waals surface area (Å²) in [7, 11) is -3.87. The van der Waals surface area contributed by atoms with Gasteiger partial charge in [-0.05, 0) is 53.2 Å². The molecule has 7 nitrogen and oxygen atoms in total. The molecule has 1 heterocycles. The highest BCUT2D eigenvalue weighted by molar-refractivity contribution is 9.10. The number of aromatic nitrogens is 1. The predicted octanol–water partition coefficient (Wildman–Crippen LogP) is 1.87. The molecule has 2 rings (SSSR count). The van der Waals surface area contributed by atoms with Crippen LogP contribution in [-0.4, -0.2) is 25.9 Å². The highest BCUT2D eigenvalue weighted by atomic mass is 79.9. The molecule has 0 radical (unpaired) electrons. The van der Waals surface area contributed by atoms with Gasteiger partial charge in [-0.15, -0.1) is 4.83 Å². The summed E-state index contributed by atoms with van der Waals surface area (Å²) in [5.41, 5.74) is 2.35. The average Bonchev–Trinajstić information content (AvgIpc) is 2.53. The lowest BCUT2D eigenvalue weighted by Crippen LogP contribution is -2.41. The number of benzene rings is 1. The van der Waals surface area contributed by atoms with Gasteiger partial charge in [-0.25, -0.2) is 8.42 Å². The van der Waals surface area contributed by atoms with E-state index in [2.05, 4.69) is 26.3 Å². The summed E-state index contributed by atoms with van der Waals surface area (Å²) in [6.07, 6.45) is 2.84. The molecule has 0 atom stereocenters. The molecule has 9 heteroatoms. The normalized spacial score (nSPS) is 11.0. The zero-order chi connectivity index (χ0) is 16.9. The third-order valence-corrected chi connectivity index (χ3v) is 4.41. The quantitative estimate of drug-likeness (QED) is 0.722. The van der Waals surface area contributed by atoms with Gasteiger partial charge in [0.2, 0.25) is 0 Å². The fourth-order valence-electron chi connectivity index (χ4n) is 1.66. The summed E-state index contributed by atoms with van der Waals surface area (Å²) in [5.74, 6) is -0.0518. The van der Waals surface area contributed by atoms with E-state index in [0.717, 1.165) is 0 Å². The summed E-state index contributed by atoms with van der Waals surface area (Å²) in [6, 6.07) is 7.38. The Labute approximate surface area is 142 Å². The number of nitrogens with zero attached hydrogens (tertiary/aromatic N) is 1. The largest absolute Gasteiger partial charge is 0.494 e. The Morgan fingerprint density at radius 2 is 1.96 bits per heavy atom. The molecule has 1 amide bonds. The lowest BCUT2D eigenvalue weighted by Gasteiger charge is -2.09. The Morgan fingerprint density at radius 3 is 2.57 bits per heavy atom. The van der Waals surface area contributed by atoms with Crippen molar-refractivity contribution in [3.05, 3.63) is 52.8 Å². The number of pyridine rings is 1. The number of carbonyl (C=O) groups excluding carboxylic acids is 1. The number of sulfonamides is 1. The lowest BCUT2D eigenvalue weighted by molar-refractivity contribution is 0.0944. The molecule has 0 saturated heterocycles. The number of nitrogens with one attached hydrogen (secondary N) is 2. The molecule has 2 aromatic rings. The third kappa shape index (κ3) is 4.75. The first-order valence-corrected chi connectivity index (χ1v) is 8.85. The minimum atomic E-state index is -3.87. The maximum absolute atomic E-state index is 12.1. The van der Waals surface area contributed by atoms with Crippen LogP contribution in [-0.2, 0) is 10.0 Å². The molecule has 0 aliphatic rings. The van der Waals surface area contributed by atoms with Crippen molar-refractivity contribution in [3.63, 3.8) is 0 Å². The summed E-state index contributed by atoms with van der Waals surface area (Å²) in [5, 5.41) is 0. The van der Waals surface area contributed by atoms with Gasteiger partial charge in [-0.2, -0.15) is 0 Å². The van der Waals surface area contributed by atoms with Crippen LogP contribution in [0.5, 0.6) is 5.75 Å². The predicted molar refractivity (Wildman–Crippen MR) is 87.3 cm³/mol. The second-order valence-corrected chi connectivity index (χ2v) is 6.95. The Balaban J connectivity index is 2.05. The molecule has 0 bridgehead atoms. The highest BCUT2D eigenvalue weighted by Gasteiger charge is 2.16. The summed E-state index contributed by atoms with van der Waals surface area (Å²) >= 11 is 3.18. The van der Waals surface area contributed by atoms with E-state index >= 15 is 0 Å². The molecule has 0 unspecified atom stereocenters. The minimum absolute atomic E-state index is 0.00798. The van der Waals surface area contributed by atoms with Crippen molar-refractivity contribution in [2.45, 2.75) is 11.8 Å².